The van der Waals surface area contributed by atoms with Crippen LogP contribution in [0, 0.1) is 5.41 Å². The van der Waals surface area contributed by atoms with Crippen molar-refractivity contribution in [2.24, 2.45) is 10.4 Å². The molecule has 3 rings (SSSR count). The lowest BCUT2D eigenvalue weighted by Crippen LogP contribution is -2.11. The van der Waals surface area contributed by atoms with Gasteiger partial charge in [-0.2, -0.15) is 0 Å². The number of aromatic amines is 1. The first kappa shape index (κ1) is 15.0. The summed E-state index contributed by atoms with van der Waals surface area (Å²) in [7, 11) is 0. The molecule has 2 aromatic rings. The van der Waals surface area contributed by atoms with Crippen molar-refractivity contribution in [3.63, 3.8) is 0 Å². The second-order valence-corrected chi connectivity index (χ2v) is 7.04. The molecule has 0 amide bonds. The zero-order valence-corrected chi connectivity index (χ0v) is 14.1. The van der Waals surface area contributed by atoms with E-state index < -0.39 is 0 Å². The smallest absolute Gasteiger partial charge is 0.164 e. The van der Waals surface area contributed by atoms with Crippen molar-refractivity contribution in [3.05, 3.63) is 52.4 Å². The molecule has 0 radical (unpaired) electrons. The fourth-order valence-electron chi connectivity index (χ4n) is 2.70. The van der Waals surface area contributed by atoms with Gasteiger partial charge in [0, 0.05) is 39.5 Å². The Bertz CT molecular complexity index is 767. The van der Waals surface area contributed by atoms with Crippen LogP contribution in [0.4, 0.5) is 0 Å². The molecule has 0 aliphatic carbocycles. The molecule has 1 N–H and O–H groups in total. The third kappa shape index (κ3) is 2.83. The Hall–Kier alpha value is -1.94. The maximum Gasteiger partial charge on any atom is 0.164 e. The Labute approximate surface area is 138 Å². The number of carbonyl (C=O) groups excluding carboxylic acids is 1. The molecule has 0 atom stereocenters. The van der Waals surface area contributed by atoms with Gasteiger partial charge in [-0.15, -0.1) is 0 Å². The fourth-order valence-corrected chi connectivity index (χ4v) is 2.97. The van der Waals surface area contributed by atoms with Crippen molar-refractivity contribution in [2.75, 3.05) is 0 Å². The number of aromatic nitrogens is 1. The summed E-state index contributed by atoms with van der Waals surface area (Å²) in [4.78, 5) is 18.7. The van der Waals surface area contributed by atoms with E-state index in [2.05, 4.69) is 58.0 Å². The summed E-state index contributed by atoms with van der Waals surface area (Å²) in [6.45, 7) is 4.22. The minimum atomic E-state index is -0.113. The van der Waals surface area contributed by atoms with E-state index in [4.69, 9.17) is 0 Å². The number of nitrogens with one attached hydrogen (secondary N) is 1. The number of halogens is 1. The Morgan fingerprint density at radius 3 is 2.59 bits per heavy atom. The molecule has 0 saturated heterocycles. The van der Waals surface area contributed by atoms with Gasteiger partial charge in [0.25, 0.3) is 0 Å². The van der Waals surface area contributed by atoms with Crippen LogP contribution < -0.4 is 0 Å². The molecular formula is C18H17BrN2O. The van der Waals surface area contributed by atoms with Crippen LogP contribution in [-0.4, -0.2) is 17.0 Å². The molecule has 1 aromatic carbocycles. The topological polar surface area (TPSA) is 45.2 Å². The van der Waals surface area contributed by atoms with Gasteiger partial charge in [-0.3, -0.25) is 9.79 Å². The highest BCUT2D eigenvalue weighted by atomic mass is 79.9. The molecule has 22 heavy (non-hydrogen) atoms. The van der Waals surface area contributed by atoms with Gasteiger partial charge in [0.1, 0.15) is 0 Å². The van der Waals surface area contributed by atoms with E-state index >= 15 is 0 Å². The molecule has 0 bridgehead atoms. The van der Waals surface area contributed by atoms with E-state index in [0.717, 1.165) is 33.3 Å². The van der Waals surface area contributed by atoms with E-state index in [0.29, 0.717) is 12.1 Å². The molecule has 3 nitrogen and oxygen atoms in total. The second-order valence-electron chi connectivity index (χ2n) is 6.12. The van der Waals surface area contributed by atoms with Gasteiger partial charge in [-0.25, -0.2) is 0 Å². The fraction of sp³-hybridized carbons (Fsp3) is 0.222. The Kier molecular flexibility index (Phi) is 3.87. The molecule has 1 aliphatic rings. The lowest BCUT2D eigenvalue weighted by atomic mass is 9.86. The van der Waals surface area contributed by atoms with Crippen LogP contribution in [0.25, 0.3) is 17.2 Å². The Morgan fingerprint density at radius 1 is 1.23 bits per heavy atom. The van der Waals surface area contributed by atoms with E-state index in [-0.39, 0.29) is 5.41 Å². The predicted octanol–water partition coefficient (Wildman–Crippen LogP) is 4.85. The summed E-state index contributed by atoms with van der Waals surface area (Å²) >= 11 is 3.46. The van der Waals surface area contributed by atoms with Gasteiger partial charge in [0.2, 0.25) is 0 Å². The van der Waals surface area contributed by atoms with Crippen molar-refractivity contribution < 1.29 is 4.79 Å². The first-order valence-corrected chi connectivity index (χ1v) is 7.97. The predicted molar refractivity (Wildman–Crippen MR) is 93.8 cm³/mol. The number of aliphatic imine (C=N–C) groups is 1. The third-order valence-corrected chi connectivity index (χ3v) is 4.46. The number of hydrogen-bond acceptors (Lipinski definition) is 2. The first-order chi connectivity index (χ1) is 10.5. The van der Waals surface area contributed by atoms with Crippen LogP contribution in [0.2, 0.25) is 0 Å². The molecule has 2 heterocycles. The Balaban J connectivity index is 2.02. The van der Waals surface area contributed by atoms with Gasteiger partial charge in [-0.05, 0) is 29.8 Å². The summed E-state index contributed by atoms with van der Waals surface area (Å²) in [5.41, 5.74) is 4.74. The minimum Gasteiger partial charge on any atom is -0.361 e. The molecule has 4 heteroatoms. The second kappa shape index (κ2) is 5.69. The number of hydrogen-bond donors (Lipinski definition) is 1. The van der Waals surface area contributed by atoms with Crippen LogP contribution in [0.5, 0.6) is 0 Å². The molecule has 0 spiro atoms. The highest BCUT2D eigenvalue weighted by molar-refractivity contribution is 9.10. The van der Waals surface area contributed by atoms with E-state index in [9.17, 15) is 4.79 Å². The minimum absolute atomic E-state index is 0.113. The zero-order chi connectivity index (χ0) is 15.7. The number of nitrogens with zero attached hydrogens (tertiary/aromatic N) is 1. The third-order valence-electron chi connectivity index (χ3n) is 3.93. The van der Waals surface area contributed by atoms with Crippen LogP contribution in [0.1, 0.15) is 26.0 Å². The van der Waals surface area contributed by atoms with Crippen molar-refractivity contribution in [1.29, 1.82) is 0 Å². The van der Waals surface area contributed by atoms with Crippen molar-refractivity contribution in [1.82, 2.24) is 4.98 Å². The average molecular weight is 357 g/mol. The van der Waals surface area contributed by atoms with Crippen molar-refractivity contribution in [3.8, 4) is 11.1 Å². The molecular weight excluding hydrogens is 340 g/mol. The summed E-state index contributed by atoms with van der Waals surface area (Å²) in [6, 6.07) is 10.3. The lowest BCUT2D eigenvalue weighted by Gasteiger charge is -2.17. The highest BCUT2D eigenvalue weighted by Crippen LogP contribution is 2.39. The molecule has 0 unspecified atom stereocenters. The summed E-state index contributed by atoms with van der Waals surface area (Å²) in [5.74, 6) is 0. The monoisotopic (exact) mass is 356 g/mol. The molecule has 0 saturated carbocycles. The van der Waals surface area contributed by atoms with Gasteiger partial charge in [0.15, 0.2) is 6.29 Å². The maximum atomic E-state index is 11.0. The SMILES string of the molecule is CC1(C)CC(C=O)=N/C1=C\c1[nH]ccc1-c1ccc(Br)cc1. The molecule has 112 valence electrons. The first-order valence-electron chi connectivity index (χ1n) is 7.18. The largest absolute Gasteiger partial charge is 0.361 e. The van der Waals surface area contributed by atoms with E-state index in [1.807, 2.05) is 24.4 Å². The van der Waals surface area contributed by atoms with Crippen LogP contribution in [0.3, 0.4) is 0 Å². The van der Waals surface area contributed by atoms with E-state index in [1.165, 1.54) is 0 Å². The van der Waals surface area contributed by atoms with Crippen LogP contribution >= 0.6 is 15.9 Å². The molecule has 1 aliphatic heterocycles. The number of H-pyrrole nitrogens is 1. The standard InChI is InChI=1S/C18H17BrN2O/c1-18(2)10-14(11-22)21-17(18)9-16-15(7-8-20-16)12-3-5-13(19)6-4-12/h3-9,11,20H,10H2,1-2H3/b17-9-. The van der Waals surface area contributed by atoms with E-state index in [1.54, 1.807) is 0 Å². The number of carbonyl (C=O) groups is 1. The highest BCUT2D eigenvalue weighted by Gasteiger charge is 2.31. The van der Waals surface area contributed by atoms with Crippen molar-refractivity contribution >= 4 is 34.0 Å². The maximum absolute atomic E-state index is 11.0. The number of benzene rings is 1. The molecule has 1 aromatic heterocycles. The number of allylic oxidation sites excluding steroid dienone is 1. The van der Waals surface area contributed by atoms with Crippen LogP contribution in [-0.2, 0) is 4.79 Å². The van der Waals surface area contributed by atoms with Crippen molar-refractivity contribution in [2.45, 2.75) is 20.3 Å². The quantitative estimate of drug-likeness (QED) is 0.784. The number of aldehydes is 1. The normalized spacial score (nSPS) is 18.5. The van der Waals surface area contributed by atoms with Gasteiger partial charge in [-0.1, -0.05) is 41.9 Å². The zero-order valence-electron chi connectivity index (χ0n) is 12.6. The Morgan fingerprint density at radius 2 is 1.95 bits per heavy atom. The summed E-state index contributed by atoms with van der Waals surface area (Å²) in [5, 5.41) is 0. The average Bonchev–Trinajstić information content (AvgIpc) is 3.05. The summed E-state index contributed by atoms with van der Waals surface area (Å²) in [6.07, 6.45) is 5.52. The van der Waals surface area contributed by atoms with Gasteiger partial charge >= 0.3 is 0 Å². The van der Waals surface area contributed by atoms with Crippen LogP contribution in [0.15, 0.2) is 51.7 Å². The summed E-state index contributed by atoms with van der Waals surface area (Å²) < 4.78 is 1.06. The van der Waals surface area contributed by atoms with Gasteiger partial charge in [0.05, 0.1) is 5.71 Å². The number of rotatable bonds is 3. The lowest BCUT2D eigenvalue weighted by molar-refractivity contribution is -0.102. The van der Waals surface area contributed by atoms with Gasteiger partial charge < -0.3 is 4.98 Å². The molecule has 0 fully saturated rings.